The van der Waals surface area contributed by atoms with Crippen LogP contribution in [-0.4, -0.2) is 25.1 Å². The molecule has 1 amide bonds. The van der Waals surface area contributed by atoms with Crippen LogP contribution in [0.5, 0.6) is 11.5 Å². The number of hydrogen-bond acceptors (Lipinski definition) is 5. The predicted molar refractivity (Wildman–Crippen MR) is 109 cm³/mol. The van der Waals surface area contributed by atoms with Gasteiger partial charge in [0.1, 0.15) is 17.1 Å². The summed E-state index contributed by atoms with van der Waals surface area (Å²) in [5.41, 5.74) is 2.66. The number of para-hydroxylation sites is 1. The third kappa shape index (κ3) is 3.01. The summed E-state index contributed by atoms with van der Waals surface area (Å²) in [6, 6.07) is 12.5. The molecular formula is C21H17ClN2O4. The van der Waals surface area contributed by atoms with Crippen LogP contribution >= 0.6 is 11.6 Å². The Morgan fingerprint density at radius 2 is 1.82 bits per heavy atom. The first-order chi connectivity index (χ1) is 13.5. The molecule has 6 nitrogen and oxygen atoms in total. The van der Waals surface area contributed by atoms with Crippen molar-refractivity contribution in [3.05, 3.63) is 58.9 Å². The van der Waals surface area contributed by atoms with Gasteiger partial charge in [0.15, 0.2) is 5.76 Å². The first kappa shape index (κ1) is 18.1. The van der Waals surface area contributed by atoms with Gasteiger partial charge in [-0.15, -0.1) is 0 Å². The second-order valence-electron chi connectivity index (χ2n) is 6.21. The number of rotatable bonds is 4. The quantitative estimate of drug-likeness (QED) is 0.512. The Labute approximate surface area is 166 Å². The summed E-state index contributed by atoms with van der Waals surface area (Å²) in [4.78, 5) is 17.4. The third-order valence-electron chi connectivity index (χ3n) is 4.50. The monoisotopic (exact) mass is 396 g/mol. The molecule has 0 saturated heterocycles. The van der Waals surface area contributed by atoms with E-state index in [0.29, 0.717) is 27.8 Å². The van der Waals surface area contributed by atoms with Gasteiger partial charge < -0.3 is 19.2 Å². The van der Waals surface area contributed by atoms with Crippen molar-refractivity contribution in [2.24, 2.45) is 0 Å². The van der Waals surface area contributed by atoms with Gasteiger partial charge in [-0.3, -0.25) is 9.78 Å². The Balaban J connectivity index is 1.75. The van der Waals surface area contributed by atoms with Crippen molar-refractivity contribution in [2.75, 3.05) is 19.5 Å². The molecule has 7 heteroatoms. The summed E-state index contributed by atoms with van der Waals surface area (Å²) < 4.78 is 16.4. The average molecular weight is 397 g/mol. The zero-order valence-corrected chi connectivity index (χ0v) is 16.3. The van der Waals surface area contributed by atoms with Crippen LogP contribution in [0.25, 0.3) is 21.9 Å². The summed E-state index contributed by atoms with van der Waals surface area (Å²) in [5.74, 6) is 0.631. The summed E-state index contributed by atoms with van der Waals surface area (Å²) in [6.07, 6.45) is 0. The highest BCUT2D eigenvalue weighted by Gasteiger charge is 2.19. The second-order valence-corrected chi connectivity index (χ2v) is 6.62. The van der Waals surface area contributed by atoms with Crippen LogP contribution in [0.3, 0.4) is 0 Å². The highest BCUT2D eigenvalue weighted by Crippen LogP contribution is 2.36. The van der Waals surface area contributed by atoms with E-state index in [1.807, 2.05) is 31.2 Å². The number of ether oxygens (including phenoxy) is 2. The standard InChI is InChI=1S/C21H17ClN2O4/c1-11-13-8-19(28-20(13)12-6-4-5-7-15(12)23-11)21(25)24-16-9-14(22)17(26-2)10-18(16)27-3/h4-10H,1-3H3,(H,24,25). The van der Waals surface area contributed by atoms with Crippen LogP contribution in [0.1, 0.15) is 16.2 Å². The average Bonchev–Trinajstić information content (AvgIpc) is 3.15. The normalized spacial score (nSPS) is 11.0. The number of hydrogen-bond donors (Lipinski definition) is 1. The number of carbonyl (C=O) groups excluding carboxylic acids is 1. The molecule has 28 heavy (non-hydrogen) atoms. The predicted octanol–water partition coefficient (Wildman–Crippen LogP) is 5.21. The number of nitrogens with zero attached hydrogens (tertiary/aromatic N) is 1. The number of nitrogens with one attached hydrogen (secondary N) is 1. The first-order valence-corrected chi connectivity index (χ1v) is 8.91. The Morgan fingerprint density at radius 3 is 2.57 bits per heavy atom. The molecule has 2 aromatic carbocycles. The molecular weight excluding hydrogens is 380 g/mol. The minimum absolute atomic E-state index is 0.172. The summed E-state index contributed by atoms with van der Waals surface area (Å²) in [6.45, 7) is 1.89. The molecule has 0 spiro atoms. The molecule has 1 N–H and O–H groups in total. The van der Waals surface area contributed by atoms with Crippen molar-refractivity contribution in [3.63, 3.8) is 0 Å². The van der Waals surface area contributed by atoms with Crippen molar-refractivity contribution >= 4 is 45.1 Å². The molecule has 0 fully saturated rings. The topological polar surface area (TPSA) is 73.6 Å². The number of amides is 1. The van der Waals surface area contributed by atoms with E-state index in [2.05, 4.69) is 10.3 Å². The van der Waals surface area contributed by atoms with Gasteiger partial charge in [-0.2, -0.15) is 0 Å². The van der Waals surface area contributed by atoms with E-state index in [9.17, 15) is 4.79 Å². The number of pyridine rings is 1. The summed E-state index contributed by atoms with van der Waals surface area (Å²) in [7, 11) is 3.01. The van der Waals surface area contributed by atoms with Gasteiger partial charge in [0, 0.05) is 22.5 Å². The fourth-order valence-electron chi connectivity index (χ4n) is 3.12. The van der Waals surface area contributed by atoms with Gasteiger partial charge >= 0.3 is 0 Å². The molecule has 0 radical (unpaired) electrons. The molecule has 0 bridgehead atoms. The highest BCUT2D eigenvalue weighted by atomic mass is 35.5. The van der Waals surface area contributed by atoms with E-state index in [0.717, 1.165) is 22.0 Å². The van der Waals surface area contributed by atoms with E-state index in [4.69, 9.17) is 25.5 Å². The smallest absolute Gasteiger partial charge is 0.291 e. The van der Waals surface area contributed by atoms with Crippen LogP contribution in [0.2, 0.25) is 5.02 Å². The molecule has 0 aliphatic rings. The number of carbonyl (C=O) groups is 1. The fourth-order valence-corrected chi connectivity index (χ4v) is 3.36. The van der Waals surface area contributed by atoms with Crippen molar-refractivity contribution < 1.29 is 18.7 Å². The van der Waals surface area contributed by atoms with Gasteiger partial charge in [0.05, 0.1) is 30.4 Å². The zero-order chi connectivity index (χ0) is 19.8. The van der Waals surface area contributed by atoms with Crippen LogP contribution in [0, 0.1) is 6.92 Å². The number of aryl methyl sites for hydroxylation is 1. The van der Waals surface area contributed by atoms with E-state index < -0.39 is 5.91 Å². The Hall–Kier alpha value is -3.25. The van der Waals surface area contributed by atoms with E-state index in [-0.39, 0.29) is 5.76 Å². The van der Waals surface area contributed by atoms with Crippen LogP contribution in [0.15, 0.2) is 46.9 Å². The molecule has 0 aliphatic heterocycles. The molecule has 4 aromatic rings. The van der Waals surface area contributed by atoms with E-state index >= 15 is 0 Å². The van der Waals surface area contributed by atoms with Crippen LogP contribution in [0.4, 0.5) is 5.69 Å². The van der Waals surface area contributed by atoms with Crippen LogP contribution < -0.4 is 14.8 Å². The second kappa shape index (κ2) is 7.05. The molecule has 2 heterocycles. The third-order valence-corrected chi connectivity index (χ3v) is 4.80. The first-order valence-electron chi connectivity index (χ1n) is 8.53. The molecule has 0 saturated carbocycles. The lowest BCUT2D eigenvalue weighted by atomic mass is 10.1. The van der Waals surface area contributed by atoms with Crippen molar-refractivity contribution in [1.82, 2.24) is 4.98 Å². The maximum Gasteiger partial charge on any atom is 0.291 e. The minimum Gasteiger partial charge on any atom is -0.495 e. The SMILES string of the molecule is COc1cc(OC)c(NC(=O)c2cc3c(C)nc4ccccc4c3o2)cc1Cl. The molecule has 0 atom stereocenters. The van der Waals surface area contributed by atoms with Crippen molar-refractivity contribution in [1.29, 1.82) is 0 Å². The zero-order valence-electron chi connectivity index (χ0n) is 15.5. The van der Waals surface area contributed by atoms with E-state index in [1.54, 1.807) is 18.2 Å². The van der Waals surface area contributed by atoms with Gasteiger partial charge in [-0.25, -0.2) is 0 Å². The van der Waals surface area contributed by atoms with Gasteiger partial charge in [-0.05, 0) is 31.2 Å². The van der Waals surface area contributed by atoms with Crippen molar-refractivity contribution in [2.45, 2.75) is 6.92 Å². The van der Waals surface area contributed by atoms with Crippen LogP contribution in [-0.2, 0) is 0 Å². The molecule has 142 valence electrons. The highest BCUT2D eigenvalue weighted by molar-refractivity contribution is 6.32. The van der Waals surface area contributed by atoms with E-state index in [1.165, 1.54) is 14.2 Å². The molecule has 0 unspecified atom stereocenters. The lowest BCUT2D eigenvalue weighted by Crippen LogP contribution is -2.11. The maximum absolute atomic E-state index is 12.8. The number of halogens is 1. The number of furan rings is 1. The Bertz CT molecular complexity index is 1220. The number of fused-ring (bicyclic) bond motifs is 3. The number of benzene rings is 2. The molecule has 4 rings (SSSR count). The minimum atomic E-state index is -0.417. The molecule has 0 aliphatic carbocycles. The summed E-state index contributed by atoms with van der Waals surface area (Å²) >= 11 is 6.17. The number of anilines is 1. The lowest BCUT2D eigenvalue weighted by molar-refractivity contribution is 0.0998. The summed E-state index contributed by atoms with van der Waals surface area (Å²) in [5, 5.41) is 4.78. The molecule has 2 aromatic heterocycles. The Morgan fingerprint density at radius 1 is 1.07 bits per heavy atom. The van der Waals surface area contributed by atoms with Gasteiger partial charge in [-0.1, -0.05) is 23.7 Å². The fraction of sp³-hybridized carbons (Fsp3) is 0.143. The number of aromatic nitrogens is 1. The maximum atomic E-state index is 12.8. The number of methoxy groups -OCH3 is 2. The van der Waals surface area contributed by atoms with Gasteiger partial charge in [0.25, 0.3) is 5.91 Å². The largest absolute Gasteiger partial charge is 0.495 e. The Kier molecular flexibility index (Phi) is 4.57. The van der Waals surface area contributed by atoms with Gasteiger partial charge in [0.2, 0.25) is 0 Å². The van der Waals surface area contributed by atoms with Crippen molar-refractivity contribution in [3.8, 4) is 11.5 Å². The lowest BCUT2D eigenvalue weighted by Gasteiger charge is -2.12.